The van der Waals surface area contributed by atoms with E-state index in [0.29, 0.717) is 22.0 Å². The molecule has 0 aromatic heterocycles. The molecule has 0 radical (unpaired) electrons. The molecule has 0 heterocycles. The van der Waals surface area contributed by atoms with Crippen LogP contribution in [0.25, 0.3) is 0 Å². The predicted octanol–water partition coefficient (Wildman–Crippen LogP) is 3.15. The third-order valence-corrected chi connectivity index (χ3v) is 3.74. The number of nitrogens with two attached hydrogens (primary N) is 1. The van der Waals surface area contributed by atoms with E-state index in [-0.39, 0.29) is 11.7 Å². The third-order valence-electron chi connectivity index (χ3n) is 2.70. The van der Waals surface area contributed by atoms with Crippen LogP contribution in [0.1, 0.15) is 0 Å². The van der Waals surface area contributed by atoms with Crippen molar-refractivity contribution in [2.24, 2.45) is 0 Å². The van der Waals surface area contributed by atoms with E-state index in [9.17, 15) is 9.18 Å². The standard InChI is InChI=1S/C15H15FN2O2S/c1-20-13-5-3-2-4-12(13)18-15(19)9-21-14-7-6-10(17)8-11(14)16/h2-8H,9,17H2,1H3,(H,18,19). The van der Waals surface area contributed by atoms with Crippen LogP contribution < -0.4 is 15.8 Å². The van der Waals surface area contributed by atoms with Gasteiger partial charge in [-0.1, -0.05) is 12.1 Å². The number of halogens is 1. The Bertz CT molecular complexity index is 649. The summed E-state index contributed by atoms with van der Waals surface area (Å²) in [6, 6.07) is 11.5. The topological polar surface area (TPSA) is 64.3 Å². The van der Waals surface area contributed by atoms with Gasteiger partial charge < -0.3 is 15.8 Å². The Morgan fingerprint density at radius 1 is 1.33 bits per heavy atom. The van der Waals surface area contributed by atoms with Crippen LogP contribution in [0.3, 0.4) is 0 Å². The molecule has 0 fully saturated rings. The lowest BCUT2D eigenvalue weighted by molar-refractivity contribution is -0.113. The van der Waals surface area contributed by atoms with Gasteiger partial charge in [0.2, 0.25) is 5.91 Å². The van der Waals surface area contributed by atoms with Crippen LogP contribution >= 0.6 is 11.8 Å². The van der Waals surface area contributed by atoms with Crippen molar-refractivity contribution in [1.29, 1.82) is 0 Å². The van der Waals surface area contributed by atoms with Crippen LogP contribution in [0.2, 0.25) is 0 Å². The first kappa shape index (κ1) is 15.2. The van der Waals surface area contributed by atoms with Crippen molar-refractivity contribution in [3.05, 3.63) is 48.3 Å². The number of thioether (sulfide) groups is 1. The molecule has 0 aliphatic heterocycles. The van der Waals surface area contributed by atoms with E-state index in [2.05, 4.69) is 5.32 Å². The molecule has 0 spiro atoms. The summed E-state index contributed by atoms with van der Waals surface area (Å²) >= 11 is 1.11. The van der Waals surface area contributed by atoms with Crippen LogP contribution in [-0.4, -0.2) is 18.8 Å². The van der Waals surface area contributed by atoms with E-state index < -0.39 is 5.82 Å². The first-order valence-electron chi connectivity index (χ1n) is 6.21. The minimum atomic E-state index is -0.426. The number of benzene rings is 2. The number of carbonyl (C=O) groups excluding carboxylic acids is 1. The summed E-state index contributed by atoms with van der Waals surface area (Å²) < 4.78 is 18.7. The smallest absolute Gasteiger partial charge is 0.234 e. The molecule has 0 saturated carbocycles. The van der Waals surface area contributed by atoms with Crippen molar-refractivity contribution in [3.8, 4) is 5.75 Å². The number of amides is 1. The van der Waals surface area contributed by atoms with Crippen LogP contribution in [-0.2, 0) is 4.79 Å². The minimum Gasteiger partial charge on any atom is -0.495 e. The summed E-state index contributed by atoms with van der Waals surface area (Å²) in [6.07, 6.45) is 0. The number of ether oxygens (including phenoxy) is 1. The number of anilines is 2. The molecule has 0 aliphatic carbocycles. The Kier molecular flexibility index (Phi) is 5.05. The quantitative estimate of drug-likeness (QED) is 0.658. The van der Waals surface area contributed by atoms with Crippen LogP contribution in [0, 0.1) is 5.82 Å². The lowest BCUT2D eigenvalue weighted by atomic mass is 10.3. The van der Waals surface area contributed by atoms with Gasteiger partial charge in [0.1, 0.15) is 11.6 Å². The van der Waals surface area contributed by atoms with Gasteiger partial charge in [0, 0.05) is 10.6 Å². The zero-order valence-electron chi connectivity index (χ0n) is 11.4. The van der Waals surface area contributed by atoms with Crippen LogP contribution in [0.4, 0.5) is 15.8 Å². The van der Waals surface area contributed by atoms with Crippen molar-refractivity contribution in [2.75, 3.05) is 23.9 Å². The highest BCUT2D eigenvalue weighted by Crippen LogP contribution is 2.25. The maximum Gasteiger partial charge on any atom is 0.234 e. The van der Waals surface area contributed by atoms with E-state index in [1.165, 1.54) is 13.2 Å². The molecule has 2 rings (SSSR count). The van der Waals surface area contributed by atoms with Crippen LogP contribution in [0.5, 0.6) is 5.75 Å². The second kappa shape index (κ2) is 6.99. The molecule has 21 heavy (non-hydrogen) atoms. The average molecular weight is 306 g/mol. The number of para-hydroxylation sites is 2. The van der Waals surface area contributed by atoms with Crippen molar-refractivity contribution >= 4 is 29.0 Å². The molecule has 1 amide bonds. The molecule has 0 atom stereocenters. The van der Waals surface area contributed by atoms with Gasteiger partial charge in [-0.05, 0) is 30.3 Å². The Hall–Kier alpha value is -2.21. The van der Waals surface area contributed by atoms with Crippen LogP contribution in [0.15, 0.2) is 47.4 Å². The highest BCUT2D eigenvalue weighted by molar-refractivity contribution is 8.00. The Morgan fingerprint density at radius 3 is 2.81 bits per heavy atom. The molecule has 0 saturated heterocycles. The predicted molar refractivity (Wildman–Crippen MR) is 83.2 cm³/mol. The first-order chi connectivity index (χ1) is 10.1. The lowest BCUT2D eigenvalue weighted by Crippen LogP contribution is -2.14. The summed E-state index contributed by atoms with van der Waals surface area (Å²) in [7, 11) is 1.53. The van der Waals surface area contributed by atoms with Gasteiger partial charge in [-0.3, -0.25) is 4.79 Å². The molecule has 4 nitrogen and oxygen atoms in total. The maximum atomic E-state index is 13.6. The van der Waals surface area contributed by atoms with Crippen molar-refractivity contribution in [3.63, 3.8) is 0 Å². The average Bonchev–Trinajstić information content (AvgIpc) is 2.47. The molecule has 3 N–H and O–H groups in total. The number of hydrogen-bond acceptors (Lipinski definition) is 4. The molecule has 0 unspecified atom stereocenters. The number of rotatable bonds is 5. The minimum absolute atomic E-state index is 0.0961. The molecular weight excluding hydrogens is 291 g/mol. The van der Waals surface area contributed by atoms with Crippen molar-refractivity contribution < 1.29 is 13.9 Å². The van der Waals surface area contributed by atoms with E-state index in [1.807, 2.05) is 6.07 Å². The third kappa shape index (κ3) is 4.13. The number of hydrogen-bond donors (Lipinski definition) is 2. The fraction of sp³-hybridized carbons (Fsp3) is 0.133. The summed E-state index contributed by atoms with van der Waals surface area (Å²) in [5.74, 6) is 0.0131. The molecule has 2 aromatic carbocycles. The molecule has 6 heteroatoms. The van der Waals surface area contributed by atoms with Crippen molar-refractivity contribution in [1.82, 2.24) is 0 Å². The SMILES string of the molecule is COc1ccccc1NC(=O)CSc1ccc(N)cc1F. The summed E-state index contributed by atoms with van der Waals surface area (Å²) in [5.41, 5.74) is 6.42. The highest BCUT2D eigenvalue weighted by Gasteiger charge is 2.09. The van der Waals surface area contributed by atoms with Gasteiger partial charge in [0.15, 0.2) is 0 Å². The van der Waals surface area contributed by atoms with E-state index in [1.54, 1.807) is 30.3 Å². The largest absolute Gasteiger partial charge is 0.495 e. The van der Waals surface area contributed by atoms with E-state index in [4.69, 9.17) is 10.5 Å². The number of methoxy groups -OCH3 is 1. The number of carbonyl (C=O) groups is 1. The summed E-state index contributed by atoms with van der Waals surface area (Å²) in [5, 5.41) is 2.73. The Morgan fingerprint density at radius 2 is 2.10 bits per heavy atom. The second-order valence-electron chi connectivity index (χ2n) is 4.23. The molecule has 0 bridgehead atoms. The van der Waals surface area contributed by atoms with Crippen molar-refractivity contribution in [2.45, 2.75) is 4.90 Å². The van der Waals surface area contributed by atoms with Gasteiger partial charge in [0.05, 0.1) is 18.6 Å². The zero-order valence-corrected chi connectivity index (χ0v) is 12.2. The normalized spacial score (nSPS) is 10.2. The fourth-order valence-corrected chi connectivity index (χ4v) is 2.43. The van der Waals surface area contributed by atoms with Gasteiger partial charge in [-0.15, -0.1) is 11.8 Å². The molecular formula is C15H15FN2O2S. The van der Waals surface area contributed by atoms with E-state index >= 15 is 0 Å². The lowest BCUT2D eigenvalue weighted by Gasteiger charge is -2.09. The van der Waals surface area contributed by atoms with Gasteiger partial charge >= 0.3 is 0 Å². The van der Waals surface area contributed by atoms with Gasteiger partial charge in [-0.25, -0.2) is 4.39 Å². The first-order valence-corrected chi connectivity index (χ1v) is 7.19. The van der Waals surface area contributed by atoms with E-state index in [0.717, 1.165) is 11.8 Å². The summed E-state index contributed by atoms with van der Waals surface area (Å²) in [4.78, 5) is 12.3. The number of nitrogens with one attached hydrogen (secondary N) is 1. The maximum absolute atomic E-state index is 13.6. The Labute approximate surface area is 126 Å². The Balaban J connectivity index is 1.96. The molecule has 2 aromatic rings. The number of nitrogen functional groups attached to an aromatic ring is 1. The van der Waals surface area contributed by atoms with Gasteiger partial charge in [-0.2, -0.15) is 0 Å². The highest BCUT2D eigenvalue weighted by atomic mass is 32.2. The molecule has 110 valence electrons. The summed E-state index contributed by atoms with van der Waals surface area (Å²) in [6.45, 7) is 0. The van der Waals surface area contributed by atoms with Gasteiger partial charge in [0.25, 0.3) is 0 Å². The zero-order chi connectivity index (χ0) is 15.2. The second-order valence-corrected chi connectivity index (χ2v) is 5.24. The fourth-order valence-electron chi connectivity index (χ4n) is 1.71. The monoisotopic (exact) mass is 306 g/mol. The molecule has 0 aliphatic rings.